The van der Waals surface area contributed by atoms with Crippen LogP contribution >= 0.6 is 23.2 Å². The zero-order chi connectivity index (χ0) is 19.4. The van der Waals surface area contributed by atoms with Crippen LogP contribution in [0.3, 0.4) is 0 Å². The van der Waals surface area contributed by atoms with E-state index in [0.29, 0.717) is 28.2 Å². The quantitative estimate of drug-likeness (QED) is 0.668. The molecule has 1 aromatic carbocycles. The molecule has 144 valence electrons. The molecule has 4 nitrogen and oxygen atoms in total. The predicted molar refractivity (Wildman–Crippen MR) is 110 cm³/mol. The van der Waals surface area contributed by atoms with Gasteiger partial charge in [0.2, 0.25) is 11.8 Å². The molecule has 1 saturated carbocycles. The number of amides is 1. The molecule has 1 aliphatic carbocycles. The summed E-state index contributed by atoms with van der Waals surface area (Å²) in [4.78, 5) is 17.7. The number of aromatic nitrogens is 1. The smallest absolute Gasteiger partial charge is 0.235 e. The molecule has 1 aliphatic rings. The summed E-state index contributed by atoms with van der Waals surface area (Å²) in [6.45, 7) is 4.39. The topological polar surface area (TPSA) is 51.2 Å². The van der Waals surface area contributed by atoms with Crippen molar-refractivity contribution in [3.05, 3.63) is 51.6 Å². The molecule has 0 atom stereocenters. The van der Waals surface area contributed by atoms with Crippen molar-refractivity contribution in [2.24, 2.45) is 0 Å². The van der Waals surface area contributed by atoms with Crippen LogP contribution in [-0.4, -0.2) is 17.5 Å². The average Bonchev–Trinajstić information content (AvgIpc) is 2.64. The Hall–Kier alpha value is -1.78. The number of aryl methyl sites for hydroxylation is 1. The van der Waals surface area contributed by atoms with E-state index < -0.39 is 5.41 Å². The van der Waals surface area contributed by atoms with Crippen LogP contribution in [0.15, 0.2) is 30.5 Å². The number of carbonyl (C=O) groups excluding carboxylic acids is 1. The summed E-state index contributed by atoms with van der Waals surface area (Å²) in [6, 6.07) is 7.28. The molecular weight excluding hydrogens is 383 g/mol. The third-order valence-electron chi connectivity index (χ3n) is 5.16. The van der Waals surface area contributed by atoms with Gasteiger partial charge in [-0.05, 0) is 50.5 Å². The lowest BCUT2D eigenvalue weighted by atomic mass is 9.68. The Kier molecular flexibility index (Phi) is 6.28. The Morgan fingerprint density at radius 2 is 1.96 bits per heavy atom. The van der Waals surface area contributed by atoms with E-state index in [0.717, 1.165) is 43.2 Å². The van der Waals surface area contributed by atoms with E-state index in [-0.39, 0.29) is 5.91 Å². The van der Waals surface area contributed by atoms with Crippen molar-refractivity contribution in [2.75, 3.05) is 11.9 Å². The number of hydrogen-bond acceptors (Lipinski definition) is 3. The molecule has 0 unspecified atom stereocenters. The fourth-order valence-corrected chi connectivity index (χ4v) is 4.41. The number of benzene rings is 1. The van der Waals surface area contributed by atoms with Crippen LogP contribution < -0.4 is 10.1 Å². The van der Waals surface area contributed by atoms with Crippen molar-refractivity contribution < 1.29 is 9.53 Å². The van der Waals surface area contributed by atoms with Gasteiger partial charge in [0.25, 0.3) is 0 Å². The third kappa shape index (κ3) is 4.22. The number of hydrogen-bond donors (Lipinski definition) is 1. The van der Waals surface area contributed by atoms with Crippen molar-refractivity contribution in [3.63, 3.8) is 0 Å². The van der Waals surface area contributed by atoms with Crippen LogP contribution in [0.5, 0.6) is 5.88 Å². The lowest BCUT2D eigenvalue weighted by Crippen LogP contribution is -2.42. The van der Waals surface area contributed by atoms with E-state index in [1.807, 2.05) is 26.0 Å². The minimum atomic E-state index is -0.646. The molecule has 6 heteroatoms. The van der Waals surface area contributed by atoms with Crippen LogP contribution in [0.25, 0.3) is 0 Å². The maximum Gasteiger partial charge on any atom is 0.235 e. The van der Waals surface area contributed by atoms with Gasteiger partial charge in [-0.2, -0.15) is 0 Å². The molecule has 1 amide bonds. The number of carbonyl (C=O) groups is 1. The molecule has 0 spiro atoms. The molecule has 3 rings (SSSR count). The highest BCUT2D eigenvalue weighted by atomic mass is 35.5. The highest BCUT2D eigenvalue weighted by molar-refractivity contribution is 6.35. The molecule has 0 radical (unpaired) electrons. The van der Waals surface area contributed by atoms with E-state index in [1.165, 1.54) is 0 Å². The Balaban J connectivity index is 1.91. The second-order valence-corrected chi connectivity index (χ2v) is 7.84. The first-order valence-corrected chi connectivity index (χ1v) is 10.1. The summed E-state index contributed by atoms with van der Waals surface area (Å²) >= 11 is 12.6. The van der Waals surface area contributed by atoms with Gasteiger partial charge in [-0.15, -0.1) is 0 Å². The number of ether oxygens (including phenoxy) is 1. The Morgan fingerprint density at radius 3 is 2.59 bits per heavy atom. The van der Waals surface area contributed by atoms with Gasteiger partial charge >= 0.3 is 0 Å². The summed E-state index contributed by atoms with van der Waals surface area (Å²) in [5.74, 6) is 0.542. The average molecular weight is 407 g/mol. The second kappa shape index (κ2) is 8.49. The molecule has 1 aromatic heterocycles. The molecule has 1 N–H and O–H groups in total. The third-order valence-corrected chi connectivity index (χ3v) is 5.71. The fraction of sp³-hybridized carbons (Fsp3) is 0.429. The van der Waals surface area contributed by atoms with Gasteiger partial charge in [0.05, 0.1) is 23.9 Å². The van der Waals surface area contributed by atoms with E-state index in [1.54, 1.807) is 18.3 Å². The number of rotatable bonds is 5. The highest BCUT2D eigenvalue weighted by Crippen LogP contribution is 2.44. The normalized spacial score (nSPS) is 16.0. The molecule has 1 heterocycles. The minimum absolute atomic E-state index is 0.0446. The summed E-state index contributed by atoms with van der Waals surface area (Å²) in [7, 11) is 0. The van der Waals surface area contributed by atoms with E-state index in [4.69, 9.17) is 27.9 Å². The summed E-state index contributed by atoms with van der Waals surface area (Å²) in [5.41, 5.74) is 1.75. The lowest BCUT2D eigenvalue weighted by Gasteiger charge is -2.37. The van der Waals surface area contributed by atoms with Crippen molar-refractivity contribution in [2.45, 2.75) is 51.4 Å². The monoisotopic (exact) mass is 406 g/mol. The summed E-state index contributed by atoms with van der Waals surface area (Å²) in [6.07, 6.45) is 6.28. The highest BCUT2D eigenvalue weighted by Gasteiger charge is 2.42. The minimum Gasteiger partial charge on any atom is -0.478 e. The van der Waals surface area contributed by atoms with Crippen LogP contribution in [-0.2, 0) is 10.2 Å². The number of anilines is 1. The van der Waals surface area contributed by atoms with Gasteiger partial charge in [-0.25, -0.2) is 4.98 Å². The van der Waals surface area contributed by atoms with Crippen LogP contribution in [0.2, 0.25) is 10.0 Å². The molecule has 2 aromatic rings. The standard InChI is InChI=1S/C21H24Cl2N2O2/c1-3-27-19-14(2)11-16(13-24-19)25-20(26)21(9-5-4-6-10-21)17-8-7-15(22)12-18(17)23/h7-8,11-13H,3-6,9-10H2,1-2H3,(H,25,26). The maximum absolute atomic E-state index is 13.4. The zero-order valence-corrected chi connectivity index (χ0v) is 17.2. The lowest BCUT2D eigenvalue weighted by molar-refractivity contribution is -0.122. The molecule has 1 fully saturated rings. The van der Waals surface area contributed by atoms with Gasteiger partial charge in [0.15, 0.2) is 0 Å². The summed E-state index contributed by atoms with van der Waals surface area (Å²) < 4.78 is 5.48. The first kappa shape index (κ1) is 20.0. The number of nitrogens with zero attached hydrogens (tertiary/aromatic N) is 1. The van der Waals surface area contributed by atoms with Gasteiger partial charge in [0.1, 0.15) is 0 Å². The molecule has 0 aliphatic heterocycles. The van der Waals surface area contributed by atoms with E-state index in [2.05, 4.69) is 10.3 Å². The second-order valence-electron chi connectivity index (χ2n) is 7.00. The first-order chi connectivity index (χ1) is 13.0. The van der Waals surface area contributed by atoms with Gasteiger partial charge < -0.3 is 10.1 Å². The van der Waals surface area contributed by atoms with Crippen LogP contribution in [0.1, 0.15) is 50.2 Å². The molecule has 27 heavy (non-hydrogen) atoms. The van der Waals surface area contributed by atoms with Gasteiger partial charge in [0, 0.05) is 15.6 Å². The van der Waals surface area contributed by atoms with Crippen molar-refractivity contribution in [1.29, 1.82) is 0 Å². The number of nitrogens with one attached hydrogen (secondary N) is 1. The Morgan fingerprint density at radius 1 is 1.22 bits per heavy atom. The van der Waals surface area contributed by atoms with Crippen molar-refractivity contribution >= 4 is 34.8 Å². The largest absolute Gasteiger partial charge is 0.478 e. The molecular formula is C21H24Cl2N2O2. The number of pyridine rings is 1. The number of halogens is 2. The molecule has 0 bridgehead atoms. The van der Waals surface area contributed by atoms with Crippen LogP contribution in [0, 0.1) is 6.92 Å². The Bertz CT molecular complexity index is 833. The van der Waals surface area contributed by atoms with Crippen molar-refractivity contribution in [1.82, 2.24) is 4.98 Å². The van der Waals surface area contributed by atoms with Gasteiger partial charge in [-0.3, -0.25) is 4.79 Å². The maximum atomic E-state index is 13.4. The van der Waals surface area contributed by atoms with Crippen LogP contribution in [0.4, 0.5) is 5.69 Å². The van der Waals surface area contributed by atoms with E-state index >= 15 is 0 Å². The first-order valence-electron chi connectivity index (χ1n) is 9.32. The summed E-state index contributed by atoms with van der Waals surface area (Å²) in [5, 5.41) is 4.17. The van der Waals surface area contributed by atoms with Crippen molar-refractivity contribution in [3.8, 4) is 5.88 Å². The Labute approximate surface area is 170 Å². The van der Waals surface area contributed by atoms with E-state index in [9.17, 15) is 4.79 Å². The predicted octanol–water partition coefficient (Wildman–Crippen LogP) is 5.94. The fourth-order valence-electron chi connectivity index (χ4n) is 3.82. The van der Waals surface area contributed by atoms with Gasteiger partial charge in [-0.1, -0.05) is 48.5 Å². The molecule has 0 saturated heterocycles. The SMILES string of the molecule is CCOc1ncc(NC(=O)C2(c3ccc(Cl)cc3Cl)CCCCC2)cc1C. The zero-order valence-electron chi connectivity index (χ0n) is 15.6.